The van der Waals surface area contributed by atoms with E-state index in [1.54, 1.807) is 43.4 Å². The lowest BCUT2D eigenvalue weighted by molar-refractivity contribution is 0.0959. The maximum atomic E-state index is 12.2. The first-order valence-electron chi connectivity index (χ1n) is 7.01. The number of carbonyl (C=O) groups excluding carboxylic acids is 2. The Balaban J connectivity index is 1.98. The van der Waals surface area contributed by atoms with Gasteiger partial charge in [-0.25, -0.2) is 0 Å². The molecule has 0 aliphatic carbocycles. The van der Waals surface area contributed by atoms with Crippen molar-refractivity contribution in [2.45, 2.75) is 6.92 Å². The highest BCUT2D eigenvalue weighted by molar-refractivity contribution is 7.80. The summed E-state index contributed by atoms with van der Waals surface area (Å²) in [5.74, 6) is -0.422. The first-order valence-corrected chi connectivity index (χ1v) is 7.42. The Morgan fingerprint density at radius 2 is 1.61 bits per heavy atom. The van der Waals surface area contributed by atoms with Crippen molar-refractivity contribution >= 4 is 34.8 Å². The molecule has 5 nitrogen and oxygen atoms in total. The van der Waals surface area contributed by atoms with Crippen LogP contribution in [0, 0.1) is 6.92 Å². The quantitative estimate of drug-likeness (QED) is 0.758. The van der Waals surface area contributed by atoms with E-state index in [4.69, 9.17) is 12.2 Å². The Morgan fingerprint density at radius 3 is 2.22 bits per heavy atom. The molecular weight excluding hydrogens is 310 g/mol. The molecule has 23 heavy (non-hydrogen) atoms. The van der Waals surface area contributed by atoms with Crippen molar-refractivity contribution < 1.29 is 9.59 Å². The molecule has 0 spiro atoms. The van der Waals surface area contributed by atoms with Gasteiger partial charge in [0.05, 0.1) is 0 Å². The van der Waals surface area contributed by atoms with Gasteiger partial charge in [0.1, 0.15) is 0 Å². The third-order valence-corrected chi connectivity index (χ3v) is 3.45. The van der Waals surface area contributed by atoms with Crippen LogP contribution in [0.1, 0.15) is 26.3 Å². The summed E-state index contributed by atoms with van der Waals surface area (Å²) in [5, 5.41) is 8.30. The van der Waals surface area contributed by atoms with Crippen LogP contribution in [0.2, 0.25) is 0 Å². The molecule has 0 bridgehead atoms. The molecule has 0 saturated heterocycles. The highest BCUT2D eigenvalue weighted by Gasteiger charge is 2.10. The van der Waals surface area contributed by atoms with Crippen molar-refractivity contribution in [2.24, 2.45) is 0 Å². The minimum Gasteiger partial charge on any atom is -0.355 e. The number of anilines is 1. The number of thiocarbonyl (C=S) groups is 1. The third-order valence-electron chi connectivity index (χ3n) is 3.25. The van der Waals surface area contributed by atoms with Gasteiger partial charge >= 0.3 is 0 Å². The second-order valence-electron chi connectivity index (χ2n) is 4.88. The number of aryl methyl sites for hydroxylation is 1. The van der Waals surface area contributed by atoms with Crippen LogP contribution in [-0.2, 0) is 0 Å². The van der Waals surface area contributed by atoms with Gasteiger partial charge in [0.2, 0.25) is 0 Å². The van der Waals surface area contributed by atoms with E-state index in [1.165, 1.54) is 0 Å². The predicted molar refractivity (Wildman–Crippen MR) is 94.7 cm³/mol. The van der Waals surface area contributed by atoms with Crippen molar-refractivity contribution in [2.75, 3.05) is 12.4 Å². The van der Waals surface area contributed by atoms with Gasteiger partial charge in [-0.15, -0.1) is 0 Å². The highest BCUT2D eigenvalue weighted by atomic mass is 32.1. The van der Waals surface area contributed by atoms with Gasteiger partial charge in [-0.1, -0.05) is 18.2 Å². The van der Waals surface area contributed by atoms with Crippen molar-refractivity contribution in [3.8, 4) is 0 Å². The van der Waals surface area contributed by atoms with Crippen LogP contribution in [0.25, 0.3) is 0 Å². The lowest BCUT2D eigenvalue weighted by atomic mass is 10.1. The number of amides is 2. The van der Waals surface area contributed by atoms with Crippen molar-refractivity contribution in [1.29, 1.82) is 0 Å². The minimum absolute atomic E-state index is 0.160. The van der Waals surface area contributed by atoms with Crippen LogP contribution in [0.5, 0.6) is 0 Å². The fourth-order valence-corrected chi connectivity index (χ4v) is 2.22. The molecule has 6 heteroatoms. The van der Waals surface area contributed by atoms with Gasteiger partial charge in [-0.3, -0.25) is 14.9 Å². The monoisotopic (exact) mass is 327 g/mol. The van der Waals surface area contributed by atoms with Crippen LogP contribution in [0.3, 0.4) is 0 Å². The van der Waals surface area contributed by atoms with Crippen LogP contribution in [0.4, 0.5) is 5.69 Å². The van der Waals surface area contributed by atoms with E-state index < -0.39 is 0 Å². The molecular formula is C17H17N3O2S. The molecule has 0 aliphatic heterocycles. The number of benzene rings is 2. The first kappa shape index (κ1) is 16.6. The zero-order valence-corrected chi connectivity index (χ0v) is 13.7. The van der Waals surface area contributed by atoms with Crippen LogP contribution < -0.4 is 16.0 Å². The second-order valence-corrected chi connectivity index (χ2v) is 5.29. The number of hydrogen-bond donors (Lipinski definition) is 3. The summed E-state index contributed by atoms with van der Waals surface area (Å²) >= 11 is 5.14. The van der Waals surface area contributed by atoms with Gasteiger partial charge in [0.25, 0.3) is 11.8 Å². The topological polar surface area (TPSA) is 70.2 Å². The van der Waals surface area contributed by atoms with E-state index in [-0.39, 0.29) is 16.9 Å². The maximum Gasteiger partial charge on any atom is 0.257 e. The summed E-state index contributed by atoms with van der Waals surface area (Å²) < 4.78 is 0. The molecule has 0 aromatic heterocycles. The molecule has 0 saturated carbocycles. The molecule has 2 aromatic rings. The number of rotatable bonds is 3. The molecule has 0 heterocycles. The summed E-state index contributed by atoms with van der Waals surface area (Å²) in [6, 6.07) is 14.1. The number of nitrogens with one attached hydrogen (secondary N) is 3. The van der Waals surface area contributed by atoms with E-state index in [0.29, 0.717) is 16.8 Å². The van der Waals surface area contributed by atoms with Gasteiger partial charge < -0.3 is 10.6 Å². The summed E-state index contributed by atoms with van der Waals surface area (Å²) in [6.45, 7) is 1.86. The molecule has 3 N–H and O–H groups in total. The van der Waals surface area contributed by atoms with Crippen molar-refractivity contribution in [3.63, 3.8) is 0 Å². The SMILES string of the molecule is CNC(=O)c1ccc(NC(=S)NC(=O)c2ccccc2C)cc1. The van der Waals surface area contributed by atoms with Crippen LogP contribution >= 0.6 is 12.2 Å². The van der Waals surface area contributed by atoms with Crippen LogP contribution in [0.15, 0.2) is 48.5 Å². The maximum absolute atomic E-state index is 12.2. The largest absolute Gasteiger partial charge is 0.355 e. The highest BCUT2D eigenvalue weighted by Crippen LogP contribution is 2.10. The zero-order valence-electron chi connectivity index (χ0n) is 12.8. The van der Waals surface area contributed by atoms with Gasteiger partial charge in [-0.05, 0) is 55.0 Å². The average molecular weight is 327 g/mol. The van der Waals surface area contributed by atoms with E-state index >= 15 is 0 Å². The van der Waals surface area contributed by atoms with E-state index in [0.717, 1.165) is 5.56 Å². The van der Waals surface area contributed by atoms with Crippen molar-refractivity contribution in [3.05, 3.63) is 65.2 Å². The Bertz CT molecular complexity index is 742. The summed E-state index contributed by atoms with van der Waals surface area (Å²) in [6.07, 6.45) is 0. The van der Waals surface area contributed by atoms with Gasteiger partial charge in [0, 0.05) is 23.9 Å². The van der Waals surface area contributed by atoms with E-state index in [9.17, 15) is 9.59 Å². The van der Waals surface area contributed by atoms with E-state index in [2.05, 4.69) is 16.0 Å². The summed E-state index contributed by atoms with van der Waals surface area (Å²) in [7, 11) is 1.57. The molecule has 118 valence electrons. The molecule has 2 rings (SSSR count). The predicted octanol–water partition coefficient (Wildman–Crippen LogP) is 2.48. The van der Waals surface area contributed by atoms with Crippen molar-refractivity contribution in [1.82, 2.24) is 10.6 Å². The molecule has 0 radical (unpaired) electrons. The molecule has 2 aromatic carbocycles. The average Bonchev–Trinajstić information content (AvgIpc) is 2.55. The van der Waals surface area contributed by atoms with E-state index in [1.807, 2.05) is 19.1 Å². The standard InChI is InChI=1S/C17H17N3O2S/c1-11-5-3-4-6-14(11)16(22)20-17(23)19-13-9-7-12(8-10-13)15(21)18-2/h3-10H,1-2H3,(H,18,21)(H2,19,20,22,23). The Labute approximate surface area is 140 Å². The molecule has 0 unspecified atom stereocenters. The second kappa shape index (κ2) is 7.51. The Hall–Kier alpha value is -2.73. The smallest absolute Gasteiger partial charge is 0.257 e. The number of carbonyl (C=O) groups is 2. The van der Waals surface area contributed by atoms with Gasteiger partial charge in [0.15, 0.2) is 5.11 Å². The number of hydrogen-bond acceptors (Lipinski definition) is 3. The Morgan fingerprint density at radius 1 is 0.957 bits per heavy atom. The fourth-order valence-electron chi connectivity index (χ4n) is 2.01. The first-order chi connectivity index (χ1) is 11.0. The lowest BCUT2D eigenvalue weighted by Gasteiger charge is -2.11. The normalized spacial score (nSPS) is 9.83. The molecule has 0 atom stereocenters. The lowest BCUT2D eigenvalue weighted by Crippen LogP contribution is -2.34. The van der Waals surface area contributed by atoms with Gasteiger partial charge in [-0.2, -0.15) is 0 Å². The van der Waals surface area contributed by atoms with Crippen LogP contribution in [-0.4, -0.2) is 24.0 Å². The summed E-state index contributed by atoms with van der Waals surface area (Å²) in [4.78, 5) is 23.6. The zero-order chi connectivity index (χ0) is 16.8. The fraction of sp³-hybridized carbons (Fsp3) is 0.118. The molecule has 0 fully saturated rings. The third kappa shape index (κ3) is 4.37. The molecule has 0 aliphatic rings. The Kier molecular flexibility index (Phi) is 5.43. The molecule has 2 amide bonds. The summed E-state index contributed by atoms with van der Waals surface area (Å²) in [5.41, 5.74) is 2.69. The minimum atomic E-state index is -0.261.